The molecule has 0 spiro atoms. The molecule has 0 aromatic heterocycles. The first kappa shape index (κ1) is 16.5. The van der Waals surface area contributed by atoms with Crippen molar-refractivity contribution < 1.29 is 9.90 Å². The Hall–Kier alpha value is -2.33. The van der Waals surface area contributed by atoms with Gasteiger partial charge in [0.05, 0.1) is 6.04 Å². The fourth-order valence-corrected chi connectivity index (χ4v) is 3.38. The Morgan fingerprint density at radius 2 is 2.00 bits per heavy atom. The van der Waals surface area contributed by atoms with Crippen molar-refractivity contribution in [2.24, 2.45) is 0 Å². The van der Waals surface area contributed by atoms with Crippen LogP contribution in [0.1, 0.15) is 25.3 Å². The fourth-order valence-electron chi connectivity index (χ4n) is 3.38. The Labute approximate surface area is 143 Å². The maximum Gasteiger partial charge on any atom is 0.227 e. The minimum atomic E-state index is 0.104. The van der Waals surface area contributed by atoms with Crippen molar-refractivity contribution in [3.8, 4) is 5.75 Å². The summed E-state index contributed by atoms with van der Waals surface area (Å²) >= 11 is 0. The van der Waals surface area contributed by atoms with E-state index in [1.165, 1.54) is 5.56 Å². The number of likely N-dealkylation sites (tertiary alicyclic amines) is 1. The first-order valence-corrected chi connectivity index (χ1v) is 8.54. The van der Waals surface area contributed by atoms with E-state index < -0.39 is 0 Å². The molecule has 1 fully saturated rings. The summed E-state index contributed by atoms with van der Waals surface area (Å²) in [6, 6.07) is 17.6. The molecule has 2 aromatic rings. The molecule has 1 aliphatic heterocycles. The number of carbonyl (C=O) groups excluding carboxylic acids is 1. The summed E-state index contributed by atoms with van der Waals surface area (Å²) in [5.41, 5.74) is 2.08. The Bertz CT molecular complexity index is 687. The summed E-state index contributed by atoms with van der Waals surface area (Å²) in [5.74, 6) is 0.299. The van der Waals surface area contributed by atoms with Gasteiger partial charge in [-0.15, -0.1) is 0 Å². The van der Waals surface area contributed by atoms with Crippen LogP contribution >= 0.6 is 0 Å². The summed E-state index contributed by atoms with van der Waals surface area (Å²) in [7, 11) is 0. The lowest BCUT2D eigenvalue weighted by atomic mass is 10.1. The van der Waals surface area contributed by atoms with E-state index in [1.54, 1.807) is 18.2 Å². The highest BCUT2D eigenvalue weighted by Gasteiger charge is 2.31. The van der Waals surface area contributed by atoms with Gasteiger partial charge in [-0.3, -0.25) is 9.69 Å². The number of phenolic OH excluding ortho intramolecular Hbond substituents is 1. The standard InChI is InChI=1S/C20H24N2O2/c1-2-20(24)22(17-9-6-10-19(23)13-17)18-11-12-21(15-18)14-16-7-4-3-5-8-16/h3-10,13,18,23H,2,11-12,14-15H2,1H3/t18-/m1/s1. The minimum absolute atomic E-state index is 0.104. The van der Waals surface area contributed by atoms with Crippen LogP contribution in [0.5, 0.6) is 5.75 Å². The summed E-state index contributed by atoms with van der Waals surface area (Å²) in [5, 5.41) is 9.76. The van der Waals surface area contributed by atoms with E-state index in [0.717, 1.165) is 31.7 Å². The molecular weight excluding hydrogens is 300 g/mol. The minimum Gasteiger partial charge on any atom is -0.508 e. The largest absolute Gasteiger partial charge is 0.508 e. The Morgan fingerprint density at radius 3 is 2.71 bits per heavy atom. The summed E-state index contributed by atoms with van der Waals surface area (Å²) in [6.45, 7) is 4.63. The maximum atomic E-state index is 12.5. The predicted octanol–water partition coefficient (Wildman–Crippen LogP) is 3.41. The molecule has 2 aromatic carbocycles. The van der Waals surface area contributed by atoms with Crippen LogP contribution in [-0.2, 0) is 11.3 Å². The van der Waals surface area contributed by atoms with Gasteiger partial charge in [0, 0.05) is 37.8 Å². The lowest BCUT2D eigenvalue weighted by Crippen LogP contribution is -2.41. The third-order valence-corrected chi connectivity index (χ3v) is 4.54. The Morgan fingerprint density at radius 1 is 1.21 bits per heavy atom. The molecule has 1 amide bonds. The highest BCUT2D eigenvalue weighted by molar-refractivity contribution is 5.94. The number of nitrogens with zero attached hydrogens (tertiary/aromatic N) is 2. The predicted molar refractivity (Wildman–Crippen MR) is 96.0 cm³/mol. The zero-order valence-corrected chi connectivity index (χ0v) is 14.1. The van der Waals surface area contributed by atoms with Gasteiger partial charge in [-0.2, -0.15) is 0 Å². The number of hydrogen-bond donors (Lipinski definition) is 1. The molecule has 4 nitrogen and oxygen atoms in total. The highest BCUT2D eigenvalue weighted by Crippen LogP contribution is 2.27. The average molecular weight is 324 g/mol. The number of benzene rings is 2. The third-order valence-electron chi connectivity index (χ3n) is 4.54. The molecule has 0 saturated carbocycles. The first-order valence-electron chi connectivity index (χ1n) is 8.54. The molecule has 0 unspecified atom stereocenters. The number of amides is 1. The summed E-state index contributed by atoms with van der Waals surface area (Å²) in [6.07, 6.45) is 1.42. The zero-order chi connectivity index (χ0) is 16.9. The molecular formula is C20H24N2O2. The van der Waals surface area contributed by atoms with Gasteiger partial charge < -0.3 is 10.0 Å². The Balaban J connectivity index is 1.74. The lowest BCUT2D eigenvalue weighted by Gasteiger charge is -2.29. The second kappa shape index (κ2) is 7.49. The van der Waals surface area contributed by atoms with Crippen molar-refractivity contribution in [2.75, 3.05) is 18.0 Å². The van der Waals surface area contributed by atoms with Gasteiger partial charge in [-0.05, 0) is 24.1 Å². The van der Waals surface area contributed by atoms with E-state index in [2.05, 4.69) is 29.2 Å². The smallest absolute Gasteiger partial charge is 0.227 e. The second-order valence-electron chi connectivity index (χ2n) is 6.30. The van der Waals surface area contributed by atoms with Crippen molar-refractivity contribution in [3.05, 3.63) is 60.2 Å². The fraction of sp³-hybridized carbons (Fsp3) is 0.350. The van der Waals surface area contributed by atoms with Gasteiger partial charge >= 0.3 is 0 Å². The number of carbonyl (C=O) groups is 1. The van der Waals surface area contributed by atoms with E-state index in [4.69, 9.17) is 0 Å². The SMILES string of the molecule is CCC(=O)N(c1cccc(O)c1)[C@@H]1CCN(Cc2ccccc2)C1. The molecule has 1 aliphatic rings. The van der Waals surface area contributed by atoms with Crippen LogP contribution in [0.2, 0.25) is 0 Å². The number of phenols is 1. The van der Waals surface area contributed by atoms with Gasteiger partial charge in [0.1, 0.15) is 5.75 Å². The van der Waals surface area contributed by atoms with Crippen LogP contribution in [0.4, 0.5) is 5.69 Å². The van der Waals surface area contributed by atoms with Gasteiger partial charge in [0.15, 0.2) is 0 Å². The molecule has 1 heterocycles. The number of aromatic hydroxyl groups is 1. The molecule has 24 heavy (non-hydrogen) atoms. The van der Waals surface area contributed by atoms with E-state index in [9.17, 15) is 9.90 Å². The number of hydrogen-bond acceptors (Lipinski definition) is 3. The number of rotatable bonds is 5. The van der Waals surface area contributed by atoms with Gasteiger partial charge in [0.2, 0.25) is 5.91 Å². The molecule has 4 heteroatoms. The highest BCUT2D eigenvalue weighted by atomic mass is 16.3. The van der Waals surface area contributed by atoms with Crippen molar-refractivity contribution in [1.82, 2.24) is 4.90 Å². The van der Waals surface area contributed by atoms with Crippen LogP contribution < -0.4 is 4.90 Å². The van der Waals surface area contributed by atoms with E-state index in [0.29, 0.717) is 6.42 Å². The van der Waals surface area contributed by atoms with Gasteiger partial charge in [-0.25, -0.2) is 0 Å². The molecule has 126 valence electrons. The quantitative estimate of drug-likeness (QED) is 0.916. The van der Waals surface area contributed by atoms with Crippen LogP contribution in [0.15, 0.2) is 54.6 Å². The Kier molecular flexibility index (Phi) is 5.16. The number of anilines is 1. The molecule has 3 rings (SSSR count). The molecule has 1 saturated heterocycles. The third kappa shape index (κ3) is 3.77. The topological polar surface area (TPSA) is 43.8 Å². The van der Waals surface area contributed by atoms with E-state index in [1.807, 2.05) is 24.0 Å². The molecule has 1 atom stereocenters. The van der Waals surface area contributed by atoms with Crippen LogP contribution in [0.3, 0.4) is 0 Å². The summed E-state index contributed by atoms with van der Waals surface area (Å²) < 4.78 is 0. The monoisotopic (exact) mass is 324 g/mol. The maximum absolute atomic E-state index is 12.5. The normalized spacial score (nSPS) is 17.8. The van der Waals surface area contributed by atoms with Crippen molar-refractivity contribution in [2.45, 2.75) is 32.4 Å². The second-order valence-corrected chi connectivity index (χ2v) is 6.30. The van der Waals surface area contributed by atoms with Crippen molar-refractivity contribution in [1.29, 1.82) is 0 Å². The summed E-state index contributed by atoms with van der Waals surface area (Å²) in [4.78, 5) is 16.8. The average Bonchev–Trinajstić information content (AvgIpc) is 3.04. The van der Waals surface area contributed by atoms with Gasteiger partial charge in [0.25, 0.3) is 0 Å². The van der Waals surface area contributed by atoms with Gasteiger partial charge in [-0.1, -0.05) is 43.3 Å². The van der Waals surface area contributed by atoms with Crippen LogP contribution in [0, 0.1) is 0 Å². The van der Waals surface area contributed by atoms with Crippen LogP contribution in [-0.4, -0.2) is 35.0 Å². The zero-order valence-electron chi connectivity index (χ0n) is 14.1. The van der Waals surface area contributed by atoms with Crippen LogP contribution in [0.25, 0.3) is 0 Å². The first-order chi connectivity index (χ1) is 11.7. The molecule has 0 bridgehead atoms. The molecule has 0 radical (unpaired) electrons. The lowest BCUT2D eigenvalue weighted by molar-refractivity contribution is -0.118. The van der Waals surface area contributed by atoms with Crippen molar-refractivity contribution >= 4 is 11.6 Å². The van der Waals surface area contributed by atoms with E-state index in [-0.39, 0.29) is 17.7 Å². The molecule has 0 aliphatic carbocycles. The molecule has 1 N–H and O–H groups in total. The van der Waals surface area contributed by atoms with Crippen molar-refractivity contribution in [3.63, 3.8) is 0 Å². The van der Waals surface area contributed by atoms with E-state index >= 15 is 0 Å².